The highest BCUT2D eigenvalue weighted by Gasteiger charge is 2.21. The van der Waals surface area contributed by atoms with Crippen LogP contribution in [0.15, 0.2) is 30.3 Å². The SMILES string of the molecule is CCOc1cccc2sc(NC(=O)c3c(Cl)ccc(Cl)c3OC)nc12. The number of aromatic nitrogens is 1. The second-order valence-corrected chi connectivity index (χ2v) is 6.79. The number of nitrogens with zero attached hydrogens (tertiary/aromatic N) is 1. The van der Waals surface area contributed by atoms with Gasteiger partial charge in [0, 0.05) is 0 Å². The van der Waals surface area contributed by atoms with Crippen LogP contribution in [-0.4, -0.2) is 24.6 Å². The maximum atomic E-state index is 12.7. The molecular formula is C17H14Cl2N2O3S. The summed E-state index contributed by atoms with van der Waals surface area (Å²) < 4.78 is 11.7. The average Bonchev–Trinajstić information content (AvgIpc) is 3.00. The van der Waals surface area contributed by atoms with E-state index in [1.54, 1.807) is 12.1 Å². The lowest BCUT2D eigenvalue weighted by atomic mass is 10.2. The number of nitrogens with one attached hydrogen (secondary N) is 1. The van der Waals surface area contributed by atoms with Crippen molar-refractivity contribution in [2.45, 2.75) is 6.92 Å². The van der Waals surface area contributed by atoms with E-state index in [0.717, 1.165) is 4.70 Å². The zero-order valence-corrected chi connectivity index (χ0v) is 15.8. The molecule has 0 aliphatic carbocycles. The van der Waals surface area contributed by atoms with Gasteiger partial charge in [-0.15, -0.1) is 0 Å². The molecule has 0 atom stereocenters. The van der Waals surface area contributed by atoms with Gasteiger partial charge in [-0.25, -0.2) is 4.98 Å². The molecule has 3 aromatic rings. The number of ether oxygens (including phenoxy) is 2. The molecule has 5 nitrogen and oxygen atoms in total. The molecule has 0 aliphatic rings. The lowest BCUT2D eigenvalue weighted by molar-refractivity contribution is 0.102. The molecule has 2 aromatic carbocycles. The van der Waals surface area contributed by atoms with E-state index < -0.39 is 5.91 Å². The number of methoxy groups -OCH3 is 1. The van der Waals surface area contributed by atoms with Gasteiger partial charge in [-0.2, -0.15) is 0 Å². The number of thiazole rings is 1. The number of anilines is 1. The number of amides is 1. The second-order valence-electron chi connectivity index (χ2n) is 4.95. The molecule has 25 heavy (non-hydrogen) atoms. The van der Waals surface area contributed by atoms with Gasteiger partial charge in [-0.05, 0) is 31.2 Å². The smallest absolute Gasteiger partial charge is 0.262 e. The number of rotatable bonds is 5. The second kappa shape index (κ2) is 7.47. The molecule has 0 aliphatic heterocycles. The van der Waals surface area contributed by atoms with E-state index in [9.17, 15) is 4.79 Å². The van der Waals surface area contributed by atoms with Gasteiger partial charge in [0.15, 0.2) is 10.9 Å². The van der Waals surface area contributed by atoms with Crippen molar-refractivity contribution >= 4 is 55.8 Å². The van der Waals surface area contributed by atoms with Crippen molar-refractivity contribution in [1.29, 1.82) is 0 Å². The maximum Gasteiger partial charge on any atom is 0.262 e. The molecule has 0 radical (unpaired) electrons. The predicted molar refractivity (Wildman–Crippen MR) is 102 cm³/mol. The third-order valence-electron chi connectivity index (χ3n) is 3.39. The zero-order valence-electron chi connectivity index (χ0n) is 13.4. The fourth-order valence-electron chi connectivity index (χ4n) is 2.35. The fourth-order valence-corrected chi connectivity index (χ4v) is 3.70. The van der Waals surface area contributed by atoms with E-state index in [2.05, 4.69) is 10.3 Å². The Balaban J connectivity index is 1.96. The summed E-state index contributed by atoms with van der Waals surface area (Å²) in [6.45, 7) is 2.44. The Morgan fingerprint density at radius 1 is 1.24 bits per heavy atom. The highest BCUT2D eigenvalue weighted by Crippen LogP contribution is 2.36. The Bertz CT molecular complexity index is 943. The van der Waals surface area contributed by atoms with Gasteiger partial charge in [0.05, 0.1) is 28.5 Å². The van der Waals surface area contributed by atoms with Gasteiger partial charge >= 0.3 is 0 Å². The minimum atomic E-state index is -0.443. The average molecular weight is 397 g/mol. The highest BCUT2D eigenvalue weighted by atomic mass is 35.5. The first kappa shape index (κ1) is 17.8. The van der Waals surface area contributed by atoms with Crippen molar-refractivity contribution in [1.82, 2.24) is 4.98 Å². The number of benzene rings is 2. The number of carbonyl (C=O) groups excluding carboxylic acids is 1. The van der Waals surface area contributed by atoms with Crippen molar-refractivity contribution in [3.63, 3.8) is 0 Å². The standard InChI is InChI=1S/C17H14Cl2N2O3S/c1-3-24-11-5-4-6-12-14(11)20-17(25-12)21-16(22)13-9(18)7-8-10(19)15(13)23-2/h4-8H,3H2,1-2H3,(H,20,21,22). The van der Waals surface area contributed by atoms with Crippen LogP contribution in [0.5, 0.6) is 11.5 Å². The quantitative estimate of drug-likeness (QED) is 0.638. The van der Waals surface area contributed by atoms with Crippen LogP contribution in [0.25, 0.3) is 10.2 Å². The van der Waals surface area contributed by atoms with Gasteiger partial charge < -0.3 is 9.47 Å². The van der Waals surface area contributed by atoms with Crippen molar-refractivity contribution < 1.29 is 14.3 Å². The van der Waals surface area contributed by atoms with Crippen LogP contribution in [-0.2, 0) is 0 Å². The number of para-hydroxylation sites is 1. The number of fused-ring (bicyclic) bond motifs is 1. The molecule has 3 rings (SSSR count). The molecule has 0 fully saturated rings. The molecular weight excluding hydrogens is 383 g/mol. The van der Waals surface area contributed by atoms with Gasteiger partial charge in [0.2, 0.25) is 0 Å². The van der Waals surface area contributed by atoms with Crippen LogP contribution in [0, 0.1) is 0 Å². The monoisotopic (exact) mass is 396 g/mol. The first-order chi connectivity index (χ1) is 12.0. The molecule has 1 aromatic heterocycles. The summed E-state index contributed by atoms with van der Waals surface area (Å²) in [7, 11) is 1.43. The predicted octanol–water partition coefficient (Wildman–Crippen LogP) is 5.26. The van der Waals surface area contributed by atoms with Gasteiger partial charge in [-0.1, -0.05) is 40.6 Å². The fraction of sp³-hybridized carbons (Fsp3) is 0.176. The van der Waals surface area contributed by atoms with Gasteiger partial charge in [0.1, 0.15) is 16.8 Å². The van der Waals surface area contributed by atoms with Crippen molar-refractivity contribution in [3.8, 4) is 11.5 Å². The molecule has 0 spiro atoms. The lowest BCUT2D eigenvalue weighted by Crippen LogP contribution is -2.14. The van der Waals surface area contributed by atoms with E-state index in [-0.39, 0.29) is 16.3 Å². The Morgan fingerprint density at radius 2 is 2.00 bits per heavy atom. The summed E-state index contributed by atoms with van der Waals surface area (Å²) in [5.74, 6) is 0.458. The van der Waals surface area contributed by atoms with E-state index in [4.69, 9.17) is 32.7 Å². The van der Waals surface area contributed by atoms with Crippen LogP contribution in [0.4, 0.5) is 5.13 Å². The molecule has 0 saturated heterocycles. The van der Waals surface area contributed by atoms with Crippen LogP contribution in [0.3, 0.4) is 0 Å². The van der Waals surface area contributed by atoms with Crippen molar-refractivity contribution in [2.24, 2.45) is 0 Å². The van der Waals surface area contributed by atoms with E-state index >= 15 is 0 Å². The maximum absolute atomic E-state index is 12.7. The summed E-state index contributed by atoms with van der Waals surface area (Å²) in [6, 6.07) is 8.76. The normalized spacial score (nSPS) is 10.7. The van der Waals surface area contributed by atoms with Gasteiger partial charge in [-0.3, -0.25) is 10.1 Å². The van der Waals surface area contributed by atoms with E-state index in [1.807, 2.05) is 25.1 Å². The molecule has 0 unspecified atom stereocenters. The third kappa shape index (κ3) is 3.51. The Morgan fingerprint density at radius 3 is 2.72 bits per heavy atom. The zero-order chi connectivity index (χ0) is 18.0. The molecule has 8 heteroatoms. The Labute approximate surface area is 158 Å². The molecule has 0 saturated carbocycles. The van der Waals surface area contributed by atoms with E-state index in [1.165, 1.54) is 18.4 Å². The van der Waals surface area contributed by atoms with Crippen molar-refractivity contribution in [2.75, 3.05) is 19.0 Å². The van der Waals surface area contributed by atoms with Crippen molar-refractivity contribution in [3.05, 3.63) is 45.9 Å². The minimum Gasteiger partial charge on any atom is -0.494 e. The number of halogens is 2. The molecule has 1 amide bonds. The molecule has 1 N–H and O–H groups in total. The topological polar surface area (TPSA) is 60.5 Å². The molecule has 1 heterocycles. The van der Waals surface area contributed by atoms with Gasteiger partial charge in [0.25, 0.3) is 5.91 Å². The minimum absolute atomic E-state index is 0.168. The number of hydrogen-bond acceptors (Lipinski definition) is 5. The summed E-state index contributed by atoms with van der Waals surface area (Å²) in [5, 5.41) is 3.74. The summed E-state index contributed by atoms with van der Waals surface area (Å²) >= 11 is 13.6. The lowest BCUT2D eigenvalue weighted by Gasteiger charge is -2.11. The first-order valence-corrected chi connectivity index (χ1v) is 8.98. The molecule has 0 bridgehead atoms. The summed E-state index contributed by atoms with van der Waals surface area (Å²) in [5.41, 5.74) is 0.870. The third-order valence-corrected chi connectivity index (χ3v) is 4.94. The summed E-state index contributed by atoms with van der Waals surface area (Å²) in [4.78, 5) is 17.1. The number of carbonyl (C=O) groups is 1. The Hall–Kier alpha value is -2.02. The summed E-state index contributed by atoms with van der Waals surface area (Å²) in [6.07, 6.45) is 0. The number of hydrogen-bond donors (Lipinski definition) is 1. The molecule has 130 valence electrons. The van der Waals surface area contributed by atoms with Crippen LogP contribution in [0.2, 0.25) is 10.0 Å². The van der Waals surface area contributed by atoms with E-state index in [0.29, 0.717) is 28.0 Å². The van der Waals surface area contributed by atoms with Crippen LogP contribution in [0.1, 0.15) is 17.3 Å². The Kier molecular flexibility index (Phi) is 5.32. The van der Waals surface area contributed by atoms with Crippen LogP contribution >= 0.6 is 34.5 Å². The highest BCUT2D eigenvalue weighted by molar-refractivity contribution is 7.22. The largest absolute Gasteiger partial charge is 0.494 e. The first-order valence-electron chi connectivity index (χ1n) is 7.40. The van der Waals surface area contributed by atoms with Crippen LogP contribution < -0.4 is 14.8 Å².